The number of unbranched alkanes of at least 4 members (excludes halogenated alkanes) is 2. The molecule has 574 valence electrons. The monoisotopic (exact) mass is 1620 g/mol. The average molecular weight is 1620 g/mol. The van der Waals surface area contributed by atoms with Gasteiger partial charge in [0.15, 0.2) is 49.2 Å². The van der Waals surface area contributed by atoms with Gasteiger partial charge in [0.25, 0.3) is 0 Å². The van der Waals surface area contributed by atoms with E-state index in [1.165, 1.54) is 97.1 Å². The molecule has 0 aromatic heterocycles. The number of esters is 8. The van der Waals surface area contributed by atoms with Gasteiger partial charge in [-0.05, 0) is 150 Å². The summed E-state index contributed by atoms with van der Waals surface area (Å²) in [6, 6.07) is 69.6. The van der Waals surface area contributed by atoms with E-state index in [2.05, 4.69) is 41.8 Å². The summed E-state index contributed by atoms with van der Waals surface area (Å²) in [7, 11) is 0. The zero-order valence-electron chi connectivity index (χ0n) is 61.0. The van der Waals surface area contributed by atoms with Gasteiger partial charge in [0.2, 0.25) is 5.91 Å². The van der Waals surface area contributed by atoms with Gasteiger partial charge in [-0.3, -0.25) is 4.79 Å². The lowest BCUT2D eigenvalue weighted by Gasteiger charge is -2.45. The standard InChI is InChI=1S/C88H84INO21/c1-3-5-51-88(52-6-4-2,66-47-49-67(89)50-48-66)53-71(91)90-68(54-102-86-76(110-84(98)64-43-27-13-28-44-64)74(108-82(96)62-39-23-11-24-40-62)72(106-80(94)60-35-19-9-20-36-60)69(104-86)56-100-78(92)58-31-15-7-16-32-58)55-103-87-77(111-85(99)65-45-29-14-30-46-65)75(109-83(97)63-41-25-12-26-42-63)73(107-81(95)61-37-21-10-22-38-61)70(105-87)57-101-79(93)59-33-17-8-18-34-59/h7-50,68-70,72-77,86-87H,3-6,51-57H2,1-2H3,(H,90,91)/t69-,70-,72-,73-,74+,75+,76-,77-,86-,87-/m1/s1. The number of hydrogen-bond acceptors (Lipinski definition) is 21. The summed E-state index contributed by atoms with van der Waals surface area (Å²) in [6.07, 6.45) is -13.9. The number of carbonyl (C=O) groups is 9. The highest BCUT2D eigenvalue weighted by Gasteiger charge is 2.56. The van der Waals surface area contributed by atoms with Gasteiger partial charge >= 0.3 is 47.8 Å². The van der Waals surface area contributed by atoms with Crippen LogP contribution in [0, 0.1) is 3.57 Å². The van der Waals surface area contributed by atoms with E-state index >= 15 is 4.79 Å². The first-order valence-electron chi connectivity index (χ1n) is 36.7. The highest BCUT2D eigenvalue weighted by Crippen LogP contribution is 2.40. The minimum absolute atomic E-state index is 0.0235. The van der Waals surface area contributed by atoms with Crippen molar-refractivity contribution in [1.29, 1.82) is 0 Å². The normalized spacial score (nSPS) is 19.4. The van der Waals surface area contributed by atoms with Crippen LogP contribution in [0.3, 0.4) is 0 Å². The van der Waals surface area contributed by atoms with Gasteiger partial charge in [0.1, 0.15) is 25.4 Å². The molecular weight excluding hydrogens is 1530 g/mol. The molecule has 0 aliphatic carbocycles. The fourth-order valence-corrected chi connectivity index (χ4v) is 13.3. The Morgan fingerprint density at radius 2 is 0.613 bits per heavy atom. The second-order valence-electron chi connectivity index (χ2n) is 26.5. The molecule has 0 bridgehead atoms. The summed E-state index contributed by atoms with van der Waals surface area (Å²) in [5.41, 5.74) is 0.676. The lowest BCUT2D eigenvalue weighted by atomic mass is 9.70. The van der Waals surface area contributed by atoms with Crippen molar-refractivity contribution in [3.8, 4) is 0 Å². The second-order valence-corrected chi connectivity index (χ2v) is 27.8. The summed E-state index contributed by atoms with van der Waals surface area (Å²) < 4.78 is 78.6. The smallest absolute Gasteiger partial charge is 0.338 e. The fraction of sp³-hybridized carbons (Fsp3) is 0.284. The van der Waals surface area contributed by atoms with Crippen LogP contribution in [-0.4, -0.2) is 148 Å². The molecule has 0 radical (unpaired) electrons. The third-order valence-electron chi connectivity index (χ3n) is 18.7. The Morgan fingerprint density at radius 3 is 0.892 bits per heavy atom. The molecule has 2 fully saturated rings. The molecule has 0 saturated carbocycles. The van der Waals surface area contributed by atoms with E-state index in [0.29, 0.717) is 12.8 Å². The molecule has 2 aliphatic rings. The predicted molar refractivity (Wildman–Crippen MR) is 413 cm³/mol. The molecule has 0 spiro atoms. The van der Waals surface area contributed by atoms with Crippen molar-refractivity contribution < 1.29 is 100.0 Å². The SMILES string of the molecule is CCCCC(CCCC)(CC(=O)NC(CO[C@@H]1O[C@H](COC(=O)c2ccccc2)[C@@H](OC(=O)c2ccccc2)[C@H](OC(=O)c2ccccc2)[C@H]1OC(=O)c1ccccc1)CO[C@@H]1O[C@H](COC(=O)c2ccccc2)[C@@H](OC(=O)c2ccccc2)[C@H](OC(=O)c2ccccc2)[C@H]1OC(=O)c1ccccc1)c1ccc(I)cc1. The van der Waals surface area contributed by atoms with Crippen LogP contribution in [0.5, 0.6) is 0 Å². The van der Waals surface area contributed by atoms with Gasteiger partial charge in [-0.1, -0.05) is 197 Å². The molecule has 23 heteroatoms. The predicted octanol–water partition coefficient (Wildman–Crippen LogP) is 14.3. The zero-order chi connectivity index (χ0) is 77.9. The summed E-state index contributed by atoms with van der Waals surface area (Å²) in [5.74, 6) is -7.96. The molecular formula is C88H84INO21. The van der Waals surface area contributed by atoms with Crippen molar-refractivity contribution in [2.45, 2.75) is 132 Å². The number of benzene rings is 9. The maximum atomic E-state index is 15.7. The second kappa shape index (κ2) is 40.5. The topological polar surface area (TPSA) is 276 Å². The van der Waals surface area contributed by atoms with Crippen LogP contribution in [0.1, 0.15) is 147 Å². The molecule has 2 heterocycles. The van der Waals surface area contributed by atoms with Crippen LogP contribution in [0.2, 0.25) is 0 Å². The van der Waals surface area contributed by atoms with Crippen LogP contribution in [0.15, 0.2) is 267 Å². The van der Waals surface area contributed by atoms with Gasteiger partial charge in [0.05, 0.1) is 63.8 Å². The van der Waals surface area contributed by atoms with E-state index in [1.807, 2.05) is 24.3 Å². The number of halogens is 1. The molecule has 10 atom stereocenters. The fourth-order valence-electron chi connectivity index (χ4n) is 13.0. The van der Waals surface area contributed by atoms with Crippen molar-refractivity contribution in [3.63, 3.8) is 0 Å². The summed E-state index contributed by atoms with van der Waals surface area (Å²) in [4.78, 5) is 132. The van der Waals surface area contributed by atoms with Crippen molar-refractivity contribution in [1.82, 2.24) is 5.32 Å². The number of ether oxygens (including phenoxy) is 12. The zero-order valence-corrected chi connectivity index (χ0v) is 63.1. The molecule has 11 rings (SSSR count). The molecule has 22 nitrogen and oxygen atoms in total. The number of carbonyl (C=O) groups excluding carboxylic acids is 9. The summed E-state index contributed by atoms with van der Waals surface area (Å²) in [5, 5.41) is 3.16. The average Bonchev–Trinajstić information content (AvgIpc) is 0.781. The van der Waals surface area contributed by atoms with Crippen molar-refractivity contribution in [3.05, 3.63) is 321 Å². The molecule has 111 heavy (non-hydrogen) atoms. The van der Waals surface area contributed by atoms with E-state index in [1.54, 1.807) is 146 Å². The molecule has 9 aromatic rings. The van der Waals surface area contributed by atoms with Crippen LogP contribution in [0.25, 0.3) is 0 Å². The Morgan fingerprint density at radius 1 is 0.351 bits per heavy atom. The molecule has 1 amide bonds. The first-order chi connectivity index (χ1) is 54.1. The third kappa shape index (κ3) is 22.3. The lowest BCUT2D eigenvalue weighted by Crippen LogP contribution is -2.64. The van der Waals surface area contributed by atoms with Crippen LogP contribution in [0.4, 0.5) is 0 Å². The van der Waals surface area contributed by atoms with Crippen LogP contribution in [-0.2, 0) is 67.1 Å². The first kappa shape index (κ1) is 80.8. The Kier molecular flexibility index (Phi) is 29.4. The number of hydrogen-bond donors (Lipinski definition) is 1. The van der Waals surface area contributed by atoms with Crippen molar-refractivity contribution >= 4 is 76.3 Å². The maximum Gasteiger partial charge on any atom is 0.338 e. The Bertz CT molecular complexity index is 4260. The van der Waals surface area contributed by atoms with E-state index in [9.17, 15) is 38.4 Å². The van der Waals surface area contributed by atoms with Crippen molar-refractivity contribution in [2.24, 2.45) is 0 Å². The van der Waals surface area contributed by atoms with Crippen LogP contribution < -0.4 is 5.32 Å². The van der Waals surface area contributed by atoms with E-state index in [-0.39, 0.29) is 50.9 Å². The molecule has 0 unspecified atom stereocenters. The van der Waals surface area contributed by atoms with E-state index < -0.39 is 153 Å². The largest absolute Gasteiger partial charge is 0.459 e. The van der Waals surface area contributed by atoms with Crippen molar-refractivity contribution in [2.75, 3.05) is 26.4 Å². The van der Waals surface area contributed by atoms with Gasteiger partial charge in [-0.15, -0.1) is 0 Å². The highest BCUT2D eigenvalue weighted by atomic mass is 127. The summed E-state index contributed by atoms with van der Waals surface area (Å²) in [6.45, 7) is 1.37. The minimum atomic E-state index is -1.91. The van der Waals surface area contributed by atoms with Gasteiger partial charge in [0, 0.05) is 15.4 Å². The molecule has 2 aliphatic heterocycles. The third-order valence-corrected chi connectivity index (χ3v) is 19.5. The number of nitrogens with one attached hydrogen (secondary N) is 1. The Balaban J connectivity index is 1.03. The van der Waals surface area contributed by atoms with Gasteiger partial charge < -0.3 is 62.2 Å². The Labute approximate surface area is 656 Å². The highest BCUT2D eigenvalue weighted by molar-refractivity contribution is 14.1. The molecule has 1 N–H and O–H groups in total. The lowest BCUT2D eigenvalue weighted by molar-refractivity contribution is -0.307. The number of amides is 1. The van der Waals surface area contributed by atoms with E-state index in [4.69, 9.17) is 56.8 Å². The van der Waals surface area contributed by atoms with Gasteiger partial charge in [-0.2, -0.15) is 0 Å². The van der Waals surface area contributed by atoms with Gasteiger partial charge in [-0.25, -0.2) is 38.4 Å². The van der Waals surface area contributed by atoms with E-state index in [0.717, 1.165) is 34.8 Å². The maximum absolute atomic E-state index is 15.7. The van der Waals surface area contributed by atoms with Crippen LogP contribution >= 0.6 is 22.6 Å². The molecule has 9 aromatic carbocycles. The molecule has 2 saturated heterocycles. The quantitative estimate of drug-likeness (QED) is 0.0223. The number of rotatable bonds is 34. The first-order valence-corrected chi connectivity index (χ1v) is 37.7. The summed E-state index contributed by atoms with van der Waals surface area (Å²) >= 11 is 2.24. The Hall–Kier alpha value is -11.2. The minimum Gasteiger partial charge on any atom is -0.459 e.